The highest BCUT2D eigenvalue weighted by Crippen LogP contribution is 2.49. The second kappa shape index (κ2) is 15.4. The van der Waals surface area contributed by atoms with Crippen molar-refractivity contribution in [2.45, 2.75) is 82.4 Å². The van der Waals surface area contributed by atoms with Crippen LogP contribution in [0.5, 0.6) is 0 Å². The fourth-order valence-electron chi connectivity index (χ4n) is 11.7. The van der Waals surface area contributed by atoms with Crippen molar-refractivity contribution in [2.24, 2.45) is 29.6 Å². The molecular weight excluding hydrogens is 703 g/mol. The van der Waals surface area contributed by atoms with Gasteiger partial charge in [0.05, 0.1) is 6.04 Å². The molecule has 1 aromatic carbocycles. The van der Waals surface area contributed by atoms with Crippen LogP contribution >= 0.6 is 0 Å². The molecule has 0 amide bonds. The van der Waals surface area contributed by atoms with Gasteiger partial charge in [-0.3, -0.25) is 0 Å². The molecule has 9 aliphatic carbocycles. The molecule has 0 saturated heterocycles. The lowest BCUT2D eigenvalue weighted by molar-refractivity contribution is 0.154. The average molecular weight is 758 g/mol. The van der Waals surface area contributed by atoms with E-state index in [1.54, 1.807) is 11.1 Å². The number of rotatable bonds is 7. The summed E-state index contributed by atoms with van der Waals surface area (Å²) in [7, 11) is 0. The molecule has 0 spiro atoms. The fraction of sp³-hybridized carbons (Fsp3) is 0.321. The van der Waals surface area contributed by atoms with Crippen molar-refractivity contribution in [2.75, 3.05) is 0 Å². The minimum absolute atomic E-state index is 0.0993. The Hall–Kier alpha value is -5.34. The first-order valence-corrected chi connectivity index (χ1v) is 22.4. The normalized spacial score (nSPS) is 32.9. The Balaban J connectivity index is 0.879. The number of hydrogen-bond acceptors (Lipinski definition) is 2. The van der Waals surface area contributed by atoms with Crippen LogP contribution in [-0.2, 0) is 4.74 Å². The summed E-state index contributed by atoms with van der Waals surface area (Å²) >= 11 is 0. The summed E-state index contributed by atoms with van der Waals surface area (Å²) in [6, 6.07) is 11.5. The first-order valence-electron chi connectivity index (χ1n) is 22.4. The quantitative estimate of drug-likeness (QED) is 0.275. The van der Waals surface area contributed by atoms with Crippen molar-refractivity contribution in [3.05, 3.63) is 220 Å². The molecule has 0 N–H and O–H groups in total. The molecule has 0 fully saturated rings. The van der Waals surface area contributed by atoms with Crippen molar-refractivity contribution in [1.29, 1.82) is 0 Å². The van der Waals surface area contributed by atoms with E-state index in [-0.39, 0.29) is 6.10 Å². The fourth-order valence-corrected chi connectivity index (χ4v) is 11.7. The van der Waals surface area contributed by atoms with Gasteiger partial charge in [0.1, 0.15) is 11.9 Å². The van der Waals surface area contributed by atoms with E-state index in [2.05, 4.69) is 169 Å². The van der Waals surface area contributed by atoms with Gasteiger partial charge in [-0.1, -0.05) is 152 Å². The lowest BCUT2D eigenvalue weighted by atomic mass is 9.68. The first kappa shape index (κ1) is 35.8. The third kappa shape index (κ3) is 6.50. The van der Waals surface area contributed by atoms with Crippen LogP contribution in [0.3, 0.4) is 0 Å². The van der Waals surface area contributed by atoms with Gasteiger partial charge in [-0.25, -0.2) is 0 Å². The molecule has 0 aromatic heterocycles. The van der Waals surface area contributed by atoms with Gasteiger partial charge in [0.25, 0.3) is 0 Å². The maximum atomic E-state index is 6.72. The molecule has 0 radical (unpaired) electrons. The van der Waals surface area contributed by atoms with Crippen LogP contribution in [0.1, 0.15) is 69.8 Å². The topological polar surface area (TPSA) is 12.5 Å². The summed E-state index contributed by atoms with van der Waals surface area (Å²) in [5.41, 5.74) is 14.5. The van der Waals surface area contributed by atoms with E-state index >= 15 is 0 Å². The number of benzene rings is 1. The van der Waals surface area contributed by atoms with Crippen molar-refractivity contribution in [3.8, 4) is 0 Å². The Morgan fingerprint density at radius 1 is 0.655 bits per heavy atom. The average Bonchev–Trinajstić information content (AvgIpc) is 3.68. The molecule has 1 heterocycles. The van der Waals surface area contributed by atoms with E-state index in [4.69, 9.17) is 4.74 Å². The summed E-state index contributed by atoms with van der Waals surface area (Å²) in [4.78, 5) is 2.87. The van der Waals surface area contributed by atoms with E-state index in [1.165, 1.54) is 64.0 Å². The van der Waals surface area contributed by atoms with E-state index in [0.717, 1.165) is 50.7 Å². The first-order chi connectivity index (χ1) is 28.8. The van der Waals surface area contributed by atoms with Crippen molar-refractivity contribution in [1.82, 2.24) is 4.90 Å². The minimum Gasteiger partial charge on any atom is -0.485 e. The van der Waals surface area contributed by atoms with Crippen molar-refractivity contribution < 1.29 is 4.74 Å². The zero-order valence-corrected chi connectivity index (χ0v) is 33.6. The number of hydrogen-bond donors (Lipinski definition) is 0. The van der Waals surface area contributed by atoms with E-state index in [1.807, 2.05) is 0 Å². The molecule has 0 bridgehead atoms. The van der Waals surface area contributed by atoms with Gasteiger partial charge in [0, 0.05) is 41.0 Å². The maximum absolute atomic E-state index is 6.72. The molecule has 2 nitrogen and oxygen atoms in total. The molecule has 8 atom stereocenters. The van der Waals surface area contributed by atoms with Gasteiger partial charge >= 0.3 is 0 Å². The van der Waals surface area contributed by atoms with E-state index < -0.39 is 0 Å². The molecule has 1 aromatic rings. The number of fused-ring (bicyclic) bond motifs is 4. The lowest BCUT2D eigenvalue weighted by Gasteiger charge is -2.49. The Kier molecular flexibility index (Phi) is 9.53. The highest BCUT2D eigenvalue weighted by molar-refractivity contribution is 5.80. The molecule has 11 rings (SSSR count). The SMILES string of the molecule is C1=CCCC(C2=CC=CCC2C2=CCC(N(C3=CCC(C4=CC5C6=C(OC5C=C4)C(c4ccccc4)=CCC6)C=C3)C3CC4CCC=CC4=C4C=CC=C[C@@H]43)C=C2)=C1. The molecule has 2 heteroatoms. The van der Waals surface area contributed by atoms with Crippen LogP contribution in [-0.4, -0.2) is 23.1 Å². The third-order valence-electron chi connectivity index (χ3n) is 14.6. The number of allylic oxidation sites excluding steroid dienone is 23. The van der Waals surface area contributed by atoms with Gasteiger partial charge in [0.2, 0.25) is 0 Å². The van der Waals surface area contributed by atoms with Crippen LogP contribution in [0.15, 0.2) is 214 Å². The van der Waals surface area contributed by atoms with Gasteiger partial charge in [-0.05, 0) is 127 Å². The van der Waals surface area contributed by atoms with Crippen LogP contribution in [0.25, 0.3) is 5.57 Å². The molecule has 0 saturated carbocycles. The van der Waals surface area contributed by atoms with Crippen LogP contribution < -0.4 is 0 Å². The van der Waals surface area contributed by atoms with Gasteiger partial charge in [-0.2, -0.15) is 0 Å². The zero-order chi connectivity index (χ0) is 38.4. The van der Waals surface area contributed by atoms with Gasteiger partial charge in [-0.15, -0.1) is 0 Å². The number of nitrogens with zero attached hydrogens (tertiary/aromatic N) is 1. The smallest absolute Gasteiger partial charge is 0.127 e. The largest absolute Gasteiger partial charge is 0.485 e. The predicted molar refractivity (Wildman–Crippen MR) is 240 cm³/mol. The highest BCUT2D eigenvalue weighted by Gasteiger charge is 2.42. The Labute approximate surface area is 345 Å². The summed E-state index contributed by atoms with van der Waals surface area (Å²) in [6.45, 7) is 0. The predicted octanol–water partition coefficient (Wildman–Crippen LogP) is 13.2. The molecule has 1 aliphatic heterocycles. The van der Waals surface area contributed by atoms with Crippen LogP contribution in [0, 0.1) is 29.6 Å². The van der Waals surface area contributed by atoms with Gasteiger partial charge in [0.15, 0.2) is 0 Å². The second-order valence-electron chi connectivity index (χ2n) is 17.8. The summed E-state index contributed by atoms with van der Waals surface area (Å²) in [5.74, 6) is 3.28. The van der Waals surface area contributed by atoms with E-state index in [9.17, 15) is 0 Å². The Morgan fingerprint density at radius 3 is 2.45 bits per heavy atom. The van der Waals surface area contributed by atoms with Crippen molar-refractivity contribution in [3.63, 3.8) is 0 Å². The van der Waals surface area contributed by atoms with Crippen molar-refractivity contribution >= 4 is 5.57 Å². The summed E-state index contributed by atoms with van der Waals surface area (Å²) < 4.78 is 6.72. The standard InChI is InChI=1S/C56H55NO/c1-3-14-39(15-4-1)46-19-9-10-20-47(46)41-28-33-45(34-29-41)57(54-37-43-18-7-8-21-48(43)50-22-11-12-23-51(50)54)44-31-26-38(27-32-44)42-30-35-55-53(36-42)52-25-13-24-49(56(52)58-55)40-16-5-2-6-17-40/h1-3,5-6,8-12,14,16-17,19,21-24,26,28-33,35-36,38,43,45,47,51,53-55H,4,7,13,15,18,20,25,27,34,37H2/t38?,43?,45?,47?,51-,53?,54?,55?/m0/s1. The lowest BCUT2D eigenvalue weighted by Crippen LogP contribution is -2.49. The maximum Gasteiger partial charge on any atom is 0.127 e. The summed E-state index contributed by atoms with van der Waals surface area (Å²) in [6.07, 6.45) is 64.6. The molecule has 290 valence electrons. The van der Waals surface area contributed by atoms with Crippen LogP contribution in [0.4, 0.5) is 0 Å². The summed E-state index contributed by atoms with van der Waals surface area (Å²) in [5, 5.41) is 0. The molecule has 7 unspecified atom stereocenters. The second-order valence-corrected chi connectivity index (χ2v) is 17.8. The Morgan fingerprint density at radius 2 is 1.59 bits per heavy atom. The zero-order valence-electron chi connectivity index (χ0n) is 33.6. The Bertz CT molecular complexity index is 2360. The van der Waals surface area contributed by atoms with E-state index in [0.29, 0.717) is 41.7 Å². The number of ether oxygens (including phenoxy) is 1. The molecular formula is C56H55NO. The molecule has 10 aliphatic rings. The molecule has 58 heavy (non-hydrogen) atoms. The minimum atomic E-state index is 0.0993. The monoisotopic (exact) mass is 757 g/mol. The third-order valence-corrected chi connectivity index (χ3v) is 14.6. The van der Waals surface area contributed by atoms with Crippen LogP contribution in [0.2, 0.25) is 0 Å². The highest BCUT2D eigenvalue weighted by atomic mass is 16.5. The van der Waals surface area contributed by atoms with Gasteiger partial charge < -0.3 is 9.64 Å².